The molecule has 1 aromatic heterocycles. The van der Waals surface area contributed by atoms with E-state index in [4.69, 9.17) is 4.74 Å². The number of nitro groups is 1. The molecule has 0 spiro atoms. The number of carbonyl (C=O) groups is 1. The monoisotopic (exact) mass is 425 g/mol. The van der Waals surface area contributed by atoms with Crippen LogP contribution in [0.4, 0.5) is 5.69 Å². The summed E-state index contributed by atoms with van der Waals surface area (Å²) in [5.74, 6) is 0.180. The molecule has 9 nitrogen and oxygen atoms in total. The summed E-state index contributed by atoms with van der Waals surface area (Å²) >= 11 is 1.20. The smallest absolute Gasteiger partial charge is 0.283 e. The van der Waals surface area contributed by atoms with Crippen LogP contribution in [0, 0.1) is 17.0 Å². The van der Waals surface area contributed by atoms with Gasteiger partial charge < -0.3 is 9.30 Å². The first-order valence-corrected chi connectivity index (χ1v) is 9.69. The molecule has 1 N–H and O–H groups in total. The topological polar surface area (TPSA) is 112 Å². The number of nitro benzene ring substituents is 1. The Morgan fingerprint density at radius 1 is 1.37 bits per heavy atom. The van der Waals surface area contributed by atoms with Crippen molar-refractivity contribution in [1.29, 1.82) is 0 Å². The number of ether oxygens (including phenoxy) is 1. The summed E-state index contributed by atoms with van der Waals surface area (Å²) < 4.78 is 7.22. The molecular weight excluding hydrogens is 406 g/mol. The first-order valence-electron chi connectivity index (χ1n) is 8.88. The van der Waals surface area contributed by atoms with Crippen LogP contribution in [0.3, 0.4) is 0 Å². The number of aromatic nitrogens is 2. The molecule has 0 radical (unpaired) electrons. The van der Waals surface area contributed by atoms with Gasteiger partial charge in [0.15, 0.2) is 11.8 Å². The van der Waals surface area contributed by atoms with E-state index in [2.05, 4.69) is 15.5 Å². The van der Waals surface area contributed by atoms with Crippen molar-refractivity contribution in [3.05, 3.63) is 76.1 Å². The third kappa shape index (κ3) is 5.45. The number of rotatable bonds is 8. The molecule has 0 unspecified atom stereocenters. The molecule has 0 aliphatic heterocycles. The van der Waals surface area contributed by atoms with E-state index in [-0.39, 0.29) is 12.3 Å². The number of aryl methyl sites for hydroxylation is 2. The highest BCUT2D eigenvalue weighted by Gasteiger charge is 2.17. The van der Waals surface area contributed by atoms with Crippen LogP contribution in [0.5, 0.6) is 5.75 Å². The maximum Gasteiger partial charge on any atom is 0.283 e. The van der Waals surface area contributed by atoms with E-state index < -0.39 is 10.8 Å². The standard InChI is InChI=1S/C20H19N5O4S/c1-14-5-3-4-6-17(14)29-13-19(26)23-22-12-15-7-8-18(16(11-15)25(27)28)30-20-21-9-10-24(20)2/h3-12H,13H2,1-2H3,(H,23,26)/b22-12+. The molecule has 0 saturated carbocycles. The van der Waals surface area contributed by atoms with Crippen LogP contribution in [-0.2, 0) is 11.8 Å². The van der Waals surface area contributed by atoms with Crippen LogP contribution in [0.1, 0.15) is 11.1 Å². The highest BCUT2D eigenvalue weighted by atomic mass is 32.2. The minimum Gasteiger partial charge on any atom is -0.483 e. The molecule has 30 heavy (non-hydrogen) atoms. The van der Waals surface area contributed by atoms with E-state index in [1.54, 1.807) is 35.2 Å². The summed E-state index contributed by atoms with van der Waals surface area (Å²) in [6, 6.07) is 12.1. The Bertz CT molecular complexity index is 1100. The lowest BCUT2D eigenvalue weighted by molar-refractivity contribution is -0.387. The predicted octanol–water partition coefficient (Wildman–Crippen LogP) is 3.32. The Morgan fingerprint density at radius 3 is 2.87 bits per heavy atom. The second-order valence-electron chi connectivity index (χ2n) is 6.25. The molecule has 2 aromatic carbocycles. The molecule has 154 valence electrons. The Balaban J connectivity index is 1.61. The van der Waals surface area contributed by atoms with Gasteiger partial charge in [0.1, 0.15) is 5.75 Å². The minimum absolute atomic E-state index is 0.0684. The van der Waals surface area contributed by atoms with Gasteiger partial charge in [-0.05, 0) is 36.4 Å². The van der Waals surface area contributed by atoms with Gasteiger partial charge in [-0.3, -0.25) is 14.9 Å². The highest BCUT2D eigenvalue weighted by Crippen LogP contribution is 2.34. The normalized spacial score (nSPS) is 10.9. The number of hydrazone groups is 1. The van der Waals surface area contributed by atoms with Crippen molar-refractivity contribution >= 4 is 29.6 Å². The number of benzene rings is 2. The van der Waals surface area contributed by atoms with Crippen LogP contribution in [0.15, 0.2) is 70.0 Å². The summed E-state index contributed by atoms with van der Waals surface area (Å²) in [7, 11) is 1.81. The van der Waals surface area contributed by atoms with Gasteiger partial charge in [-0.15, -0.1) is 0 Å². The third-order valence-electron chi connectivity index (χ3n) is 4.01. The summed E-state index contributed by atoms with van der Waals surface area (Å²) in [5, 5.41) is 15.9. The average molecular weight is 425 g/mol. The van der Waals surface area contributed by atoms with Crippen molar-refractivity contribution < 1.29 is 14.5 Å². The molecule has 0 saturated heterocycles. The molecule has 3 rings (SSSR count). The van der Waals surface area contributed by atoms with Crippen LogP contribution < -0.4 is 10.2 Å². The van der Waals surface area contributed by atoms with Gasteiger partial charge in [0.25, 0.3) is 11.6 Å². The van der Waals surface area contributed by atoms with Crippen molar-refractivity contribution in [3.8, 4) is 5.75 Å². The number of nitrogens with zero attached hydrogens (tertiary/aromatic N) is 4. The first-order chi connectivity index (χ1) is 14.4. The van der Waals surface area contributed by atoms with Crippen LogP contribution >= 0.6 is 11.8 Å². The predicted molar refractivity (Wildman–Crippen MR) is 113 cm³/mol. The van der Waals surface area contributed by atoms with Gasteiger partial charge in [0.2, 0.25) is 0 Å². The van der Waals surface area contributed by atoms with Gasteiger partial charge >= 0.3 is 0 Å². The Kier molecular flexibility index (Phi) is 6.81. The number of amides is 1. The second-order valence-corrected chi connectivity index (χ2v) is 7.26. The minimum atomic E-state index is -0.461. The molecule has 1 amide bonds. The van der Waals surface area contributed by atoms with E-state index in [1.807, 2.05) is 32.2 Å². The van der Waals surface area contributed by atoms with Crippen molar-refractivity contribution in [2.24, 2.45) is 12.1 Å². The molecule has 0 fully saturated rings. The summed E-state index contributed by atoms with van der Waals surface area (Å²) in [6.45, 7) is 1.69. The SMILES string of the molecule is Cc1ccccc1OCC(=O)N/N=C/c1ccc(Sc2nccn2C)c([N+](=O)[O-])c1. The number of nitrogens with one attached hydrogen (secondary N) is 1. The van der Waals surface area contributed by atoms with Crippen molar-refractivity contribution in [1.82, 2.24) is 15.0 Å². The fourth-order valence-corrected chi connectivity index (χ4v) is 3.35. The zero-order chi connectivity index (χ0) is 21.5. The first kappa shape index (κ1) is 21.1. The number of carbonyl (C=O) groups excluding carboxylic acids is 1. The quantitative estimate of drug-likeness (QED) is 0.337. The molecular formula is C20H19N5O4S. The van der Waals surface area contributed by atoms with Crippen molar-refractivity contribution in [2.75, 3.05) is 6.61 Å². The Labute approximate surface area is 176 Å². The molecule has 1 heterocycles. The zero-order valence-electron chi connectivity index (χ0n) is 16.3. The van der Waals surface area contributed by atoms with Gasteiger partial charge in [0, 0.05) is 31.1 Å². The van der Waals surface area contributed by atoms with Gasteiger partial charge in [-0.2, -0.15) is 5.10 Å². The third-order valence-corrected chi connectivity index (χ3v) is 5.15. The molecule has 0 atom stereocenters. The van der Waals surface area contributed by atoms with E-state index in [9.17, 15) is 14.9 Å². The lowest BCUT2D eigenvalue weighted by Crippen LogP contribution is -2.24. The van der Waals surface area contributed by atoms with Crippen LogP contribution in [0.2, 0.25) is 0 Å². The zero-order valence-corrected chi connectivity index (χ0v) is 17.1. The van der Waals surface area contributed by atoms with E-state index in [1.165, 1.54) is 24.0 Å². The van der Waals surface area contributed by atoms with Crippen molar-refractivity contribution in [2.45, 2.75) is 17.0 Å². The van der Waals surface area contributed by atoms with Crippen LogP contribution in [-0.4, -0.2) is 33.2 Å². The average Bonchev–Trinajstić information content (AvgIpc) is 3.12. The molecule has 0 aliphatic rings. The summed E-state index contributed by atoms with van der Waals surface area (Å²) in [6.07, 6.45) is 4.73. The summed E-state index contributed by atoms with van der Waals surface area (Å²) in [5.41, 5.74) is 3.68. The summed E-state index contributed by atoms with van der Waals surface area (Å²) in [4.78, 5) is 27.5. The van der Waals surface area contributed by atoms with E-state index in [0.717, 1.165) is 5.56 Å². The van der Waals surface area contributed by atoms with E-state index >= 15 is 0 Å². The van der Waals surface area contributed by atoms with Gasteiger partial charge in [0.05, 0.1) is 16.0 Å². The molecule has 0 aliphatic carbocycles. The number of para-hydroxylation sites is 1. The molecule has 3 aromatic rings. The molecule has 0 bridgehead atoms. The highest BCUT2D eigenvalue weighted by molar-refractivity contribution is 7.99. The number of hydrogen-bond acceptors (Lipinski definition) is 7. The fourth-order valence-electron chi connectivity index (χ4n) is 2.47. The molecule has 10 heteroatoms. The maximum absolute atomic E-state index is 11.9. The lowest BCUT2D eigenvalue weighted by atomic mass is 10.2. The van der Waals surface area contributed by atoms with Crippen LogP contribution in [0.25, 0.3) is 0 Å². The largest absolute Gasteiger partial charge is 0.483 e. The lowest BCUT2D eigenvalue weighted by Gasteiger charge is -2.07. The number of hydrogen-bond donors (Lipinski definition) is 1. The second kappa shape index (κ2) is 9.70. The Hall–Kier alpha value is -3.66. The van der Waals surface area contributed by atoms with Crippen molar-refractivity contribution in [3.63, 3.8) is 0 Å². The van der Waals surface area contributed by atoms with Gasteiger partial charge in [-0.1, -0.05) is 24.3 Å². The van der Waals surface area contributed by atoms with Gasteiger partial charge in [-0.25, -0.2) is 10.4 Å². The maximum atomic E-state index is 11.9. The number of imidazole rings is 1. The Morgan fingerprint density at radius 2 is 2.17 bits per heavy atom. The van der Waals surface area contributed by atoms with E-state index in [0.29, 0.717) is 21.4 Å². The fraction of sp³-hybridized carbons (Fsp3) is 0.150.